The smallest absolute Gasteiger partial charge is 0.314 e. The van der Waals surface area contributed by atoms with Crippen molar-refractivity contribution in [1.82, 2.24) is 10.2 Å². The standard InChI is InChI=1S/C13H25N3O2/c14-13(18)16-8-11(4-5-17)6-12(9-16)15-7-10-2-1-3-10/h10-12,15,17H,1-9H2,(H2,14,18). The first-order chi connectivity index (χ1) is 8.69. The number of hydrogen-bond donors (Lipinski definition) is 3. The van der Waals surface area contributed by atoms with Crippen molar-refractivity contribution < 1.29 is 9.90 Å². The van der Waals surface area contributed by atoms with E-state index in [0.717, 1.165) is 25.3 Å². The van der Waals surface area contributed by atoms with Crippen molar-refractivity contribution in [1.29, 1.82) is 0 Å². The van der Waals surface area contributed by atoms with Crippen molar-refractivity contribution in [2.75, 3.05) is 26.2 Å². The molecule has 0 bridgehead atoms. The molecule has 18 heavy (non-hydrogen) atoms. The van der Waals surface area contributed by atoms with E-state index in [4.69, 9.17) is 10.8 Å². The van der Waals surface area contributed by atoms with Crippen LogP contribution in [0.25, 0.3) is 0 Å². The van der Waals surface area contributed by atoms with Crippen LogP contribution < -0.4 is 11.1 Å². The minimum atomic E-state index is -0.340. The third-order valence-electron chi connectivity index (χ3n) is 4.31. The summed E-state index contributed by atoms with van der Waals surface area (Å²) in [4.78, 5) is 13.0. The zero-order chi connectivity index (χ0) is 13.0. The third-order valence-corrected chi connectivity index (χ3v) is 4.31. The number of nitrogens with two attached hydrogens (primary N) is 1. The maximum Gasteiger partial charge on any atom is 0.314 e. The summed E-state index contributed by atoms with van der Waals surface area (Å²) in [5.74, 6) is 1.19. The van der Waals surface area contributed by atoms with E-state index >= 15 is 0 Å². The van der Waals surface area contributed by atoms with Crippen molar-refractivity contribution in [3.63, 3.8) is 0 Å². The number of piperidine rings is 1. The minimum absolute atomic E-state index is 0.187. The van der Waals surface area contributed by atoms with Gasteiger partial charge in [-0.1, -0.05) is 6.42 Å². The van der Waals surface area contributed by atoms with Crippen LogP contribution in [0.1, 0.15) is 32.1 Å². The van der Waals surface area contributed by atoms with Crippen molar-refractivity contribution >= 4 is 6.03 Å². The van der Waals surface area contributed by atoms with Gasteiger partial charge in [0, 0.05) is 25.7 Å². The molecule has 5 nitrogen and oxygen atoms in total. The van der Waals surface area contributed by atoms with E-state index in [1.165, 1.54) is 19.3 Å². The van der Waals surface area contributed by atoms with Crippen molar-refractivity contribution in [3.05, 3.63) is 0 Å². The molecule has 1 heterocycles. The molecule has 2 aliphatic rings. The van der Waals surface area contributed by atoms with E-state index in [2.05, 4.69) is 5.32 Å². The van der Waals surface area contributed by atoms with Gasteiger partial charge in [-0.2, -0.15) is 0 Å². The Bertz CT molecular complexity index is 281. The molecule has 0 aromatic carbocycles. The van der Waals surface area contributed by atoms with Gasteiger partial charge in [0.2, 0.25) is 0 Å². The summed E-state index contributed by atoms with van der Waals surface area (Å²) in [5.41, 5.74) is 5.38. The van der Waals surface area contributed by atoms with Gasteiger partial charge in [-0.3, -0.25) is 0 Å². The van der Waals surface area contributed by atoms with Crippen LogP contribution in [0.4, 0.5) is 4.79 Å². The van der Waals surface area contributed by atoms with E-state index in [1.807, 2.05) is 0 Å². The van der Waals surface area contributed by atoms with E-state index in [9.17, 15) is 4.79 Å². The van der Waals surface area contributed by atoms with Gasteiger partial charge >= 0.3 is 6.03 Å². The second kappa shape index (κ2) is 6.38. The SMILES string of the molecule is NC(=O)N1CC(CCO)CC(NCC2CCC2)C1. The number of urea groups is 1. The summed E-state index contributed by atoms with van der Waals surface area (Å²) in [6.07, 6.45) is 5.82. The van der Waals surface area contributed by atoms with E-state index in [-0.39, 0.29) is 12.6 Å². The summed E-state index contributed by atoms with van der Waals surface area (Å²) < 4.78 is 0. The number of nitrogens with zero attached hydrogens (tertiary/aromatic N) is 1. The summed E-state index contributed by atoms with van der Waals surface area (Å²) in [5, 5.41) is 12.6. The molecule has 1 saturated carbocycles. The maximum atomic E-state index is 11.3. The quantitative estimate of drug-likeness (QED) is 0.670. The first-order valence-corrected chi connectivity index (χ1v) is 7.07. The normalized spacial score (nSPS) is 29.1. The van der Waals surface area contributed by atoms with Crippen LogP contribution in [0.5, 0.6) is 0 Å². The summed E-state index contributed by atoms with van der Waals surface area (Å²) >= 11 is 0. The van der Waals surface area contributed by atoms with E-state index < -0.39 is 0 Å². The average Bonchev–Trinajstić information content (AvgIpc) is 2.27. The van der Waals surface area contributed by atoms with Crippen molar-refractivity contribution in [2.45, 2.75) is 38.1 Å². The number of likely N-dealkylation sites (tertiary alicyclic amines) is 1. The maximum absolute atomic E-state index is 11.3. The van der Waals surface area contributed by atoms with Crippen LogP contribution in [0, 0.1) is 11.8 Å². The number of carbonyl (C=O) groups excluding carboxylic acids is 1. The molecule has 2 atom stereocenters. The summed E-state index contributed by atoms with van der Waals surface area (Å²) in [6, 6.07) is -0.00326. The van der Waals surface area contributed by atoms with Crippen LogP contribution in [0.3, 0.4) is 0 Å². The van der Waals surface area contributed by atoms with Crippen LogP contribution in [-0.2, 0) is 0 Å². The van der Waals surface area contributed by atoms with Gasteiger partial charge in [0.1, 0.15) is 0 Å². The Morgan fingerprint density at radius 3 is 2.67 bits per heavy atom. The van der Waals surface area contributed by atoms with Gasteiger partial charge in [-0.15, -0.1) is 0 Å². The molecule has 2 fully saturated rings. The Labute approximate surface area is 109 Å². The molecule has 2 unspecified atom stereocenters. The lowest BCUT2D eigenvalue weighted by atomic mass is 9.85. The number of nitrogens with one attached hydrogen (secondary N) is 1. The van der Waals surface area contributed by atoms with Crippen LogP contribution in [-0.4, -0.2) is 48.3 Å². The molecule has 1 aliphatic heterocycles. The van der Waals surface area contributed by atoms with Gasteiger partial charge in [-0.05, 0) is 44.1 Å². The molecule has 0 aromatic rings. The first kappa shape index (κ1) is 13.6. The number of rotatable bonds is 5. The largest absolute Gasteiger partial charge is 0.396 e. The Morgan fingerprint density at radius 1 is 1.33 bits per heavy atom. The van der Waals surface area contributed by atoms with Gasteiger partial charge in [0.05, 0.1) is 0 Å². The minimum Gasteiger partial charge on any atom is -0.396 e. The molecule has 1 aliphatic carbocycles. The number of hydrogen-bond acceptors (Lipinski definition) is 3. The lowest BCUT2D eigenvalue weighted by molar-refractivity contribution is 0.131. The Kier molecular flexibility index (Phi) is 4.83. The number of carbonyl (C=O) groups is 1. The lowest BCUT2D eigenvalue weighted by Crippen LogP contribution is -2.53. The fourth-order valence-electron chi connectivity index (χ4n) is 2.95. The Morgan fingerprint density at radius 2 is 2.11 bits per heavy atom. The highest BCUT2D eigenvalue weighted by Crippen LogP contribution is 2.26. The predicted molar refractivity (Wildman–Crippen MR) is 70.1 cm³/mol. The zero-order valence-electron chi connectivity index (χ0n) is 11.0. The van der Waals surface area contributed by atoms with E-state index in [0.29, 0.717) is 25.0 Å². The third kappa shape index (κ3) is 3.59. The topological polar surface area (TPSA) is 78.6 Å². The highest BCUT2D eigenvalue weighted by molar-refractivity contribution is 5.72. The fraction of sp³-hybridized carbons (Fsp3) is 0.923. The Balaban J connectivity index is 1.81. The molecule has 1 saturated heterocycles. The van der Waals surface area contributed by atoms with Crippen molar-refractivity contribution in [3.8, 4) is 0 Å². The number of primary amides is 1. The molecule has 104 valence electrons. The fourth-order valence-corrected chi connectivity index (χ4v) is 2.95. The van der Waals surface area contributed by atoms with Gasteiger partial charge in [-0.25, -0.2) is 4.79 Å². The molecule has 0 spiro atoms. The van der Waals surface area contributed by atoms with Crippen LogP contribution in [0.15, 0.2) is 0 Å². The van der Waals surface area contributed by atoms with E-state index in [1.54, 1.807) is 4.90 Å². The molecule has 0 radical (unpaired) electrons. The Hall–Kier alpha value is -0.810. The monoisotopic (exact) mass is 255 g/mol. The van der Waals surface area contributed by atoms with Crippen LogP contribution >= 0.6 is 0 Å². The first-order valence-electron chi connectivity index (χ1n) is 7.07. The molecule has 0 aromatic heterocycles. The van der Waals surface area contributed by atoms with Gasteiger partial charge in [0.15, 0.2) is 0 Å². The lowest BCUT2D eigenvalue weighted by Gasteiger charge is -2.38. The number of amides is 2. The summed E-state index contributed by atoms with van der Waals surface area (Å²) in [7, 11) is 0. The highest BCUT2D eigenvalue weighted by atomic mass is 16.3. The average molecular weight is 255 g/mol. The molecular weight excluding hydrogens is 230 g/mol. The molecule has 2 rings (SSSR count). The summed E-state index contributed by atoms with van der Waals surface area (Å²) in [6.45, 7) is 2.65. The molecule has 5 heteroatoms. The van der Waals surface area contributed by atoms with Gasteiger partial charge < -0.3 is 21.1 Å². The molecule has 4 N–H and O–H groups in total. The van der Waals surface area contributed by atoms with Gasteiger partial charge in [0.25, 0.3) is 0 Å². The van der Waals surface area contributed by atoms with Crippen molar-refractivity contribution in [2.24, 2.45) is 17.6 Å². The second-order valence-corrected chi connectivity index (χ2v) is 5.76. The number of aliphatic hydroxyl groups is 1. The predicted octanol–water partition coefficient (Wildman–Crippen LogP) is 0.528. The molecular formula is C13H25N3O2. The van der Waals surface area contributed by atoms with Crippen LogP contribution in [0.2, 0.25) is 0 Å². The number of aliphatic hydroxyl groups excluding tert-OH is 1. The second-order valence-electron chi connectivity index (χ2n) is 5.76. The highest BCUT2D eigenvalue weighted by Gasteiger charge is 2.29. The zero-order valence-corrected chi connectivity index (χ0v) is 11.0. The molecule has 2 amide bonds.